The zero-order chi connectivity index (χ0) is 10.7. The predicted octanol–water partition coefficient (Wildman–Crippen LogP) is 1.80. The van der Waals surface area contributed by atoms with E-state index in [1.807, 2.05) is 24.3 Å². The summed E-state index contributed by atoms with van der Waals surface area (Å²) in [5.74, 6) is 0.590. The highest BCUT2D eigenvalue weighted by Crippen LogP contribution is 2.27. The SMILES string of the molecule is N#[N+]CC(=O)[C@@H]1CCc2ccccc2O1. The molecule has 0 bridgehead atoms. The molecule has 1 aromatic rings. The molecule has 0 saturated heterocycles. The molecule has 1 aliphatic rings. The molecule has 1 aromatic carbocycles. The fraction of sp³-hybridized carbons (Fsp3) is 0.364. The van der Waals surface area contributed by atoms with Gasteiger partial charge in [-0.15, -0.1) is 0 Å². The van der Waals surface area contributed by atoms with E-state index in [9.17, 15) is 4.79 Å². The fourth-order valence-corrected chi connectivity index (χ4v) is 1.72. The zero-order valence-corrected chi connectivity index (χ0v) is 8.22. The highest BCUT2D eigenvalue weighted by atomic mass is 16.5. The number of fused-ring (bicyclic) bond motifs is 1. The van der Waals surface area contributed by atoms with Gasteiger partial charge in [0.25, 0.3) is 5.78 Å². The first-order valence-electron chi connectivity index (χ1n) is 4.89. The summed E-state index contributed by atoms with van der Waals surface area (Å²) in [5.41, 5.74) is 1.13. The van der Waals surface area contributed by atoms with Gasteiger partial charge in [0.1, 0.15) is 10.7 Å². The van der Waals surface area contributed by atoms with Crippen molar-refractivity contribution >= 4 is 5.78 Å². The molecular weight excluding hydrogens is 192 g/mol. The number of nitrogens with zero attached hydrogens (tertiary/aromatic N) is 2. The summed E-state index contributed by atoms with van der Waals surface area (Å²) in [6, 6.07) is 7.67. The van der Waals surface area contributed by atoms with E-state index in [1.54, 1.807) is 0 Å². The number of carbonyl (C=O) groups is 1. The Labute approximate surface area is 87.5 Å². The molecule has 0 spiro atoms. The molecule has 0 fully saturated rings. The number of rotatable bonds is 2. The van der Waals surface area contributed by atoms with E-state index >= 15 is 0 Å². The van der Waals surface area contributed by atoms with Gasteiger partial charge in [-0.1, -0.05) is 18.2 Å². The minimum atomic E-state index is -0.462. The van der Waals surface area contributed by atoms with Crippen molar-refractivity contribution < 1.29 is 9.53 Å². The monoisotopic (exact) mass is 203 g/mol. The number of ketones is 1. The van der Waals surface area contributed by atoms with Gasteiger partial charge < -0.3 is 4.74 Å². The topological polar surface area (TPSA) is 54.5 Å². The number of diazo groups is 1. The molecule has 1 aliphatic heterocycles. The summed E-state index contributed by atoms with van der Waals surface area (Å²) in [6.45, 7) is -0.188. The highest BCUT2D eigenvalue weighted by Gasteiger charge is 2.28. The molecule has 0 amide bonds. The first-order valence-corrected chi connectivity index (χ1v) is 4.89. The van der Waals surface area contributed by atoms with Crippen molar-refractivity contribution in [2.45, 2.75) is 18.9 Å². The lowest BCUT2D eigenvalue weighted by Gasteiger charge is -2.23. The number of Topliss-reactive ketones (excluding diaryl/α,β-unsaturated/α-hetero) is 1. The van der Waals surface area contributed by atoms with Gasteiger partial charge in [0.2, 0.25) is 5.39 Å². The third-order valence-corrected chi connectivity index (χ3v) is 2.50. The number of hydrogen-bond acceptors (Lipinski definition) is 3. The Hall–Kier alpha value is -1.89. The quantitative estimate of drug-likeness (QED) is 0.689. The van der Waals surface area contributed by atoms with Crippen molar-refractivity contribution in [2.75, 3.05) is 6.54 Å². The molecule has 1 heterocycles. The second kappa shape index (κ2) is 4.09. The Morgan fingerprint density at radius 3 is 3.13 bits per heavy atom. The van der Waals surface area contributed by atoms with Crippen LogP contribution in [0.4, 0.5) is 0 Å². The van der Waals surface area contributed by atoms with Crippen LogP contribution < -0.4 is 4.74 Å². The van der Waals surface area contributed by atoms with Gasteiger partial charge in [-0.3, -0.25) is 4.79 Å². The van der Waals surface area contributed by atoms with Crippen molar-refractivity contribution in [1.82, 2.24) is 0 Å². The molecule has 0 radical (unpaired) electrons. The normalized spacial score (nSPS) is 18.5. The number of aryl methyl sites for hydroxylation is 1. The van der Waals surface area contributed by atoms with E-state index in [0.29, 0.717) is 6.42 Å². The highest BCUT2D eigenvalue weighted by molar-refractivity contribution is 5.86. The van der Waals surface area contributed by atoms with Crippen LogP contribution in [0, 0.1) is 5.39 Å². The lowest BCUT2D eigenvalue weighted by Crippen LogP contribution is -2.32. The van der Waals surface area contributed by atoms with Crippen molar-refractivity contribution in [3.05, 3.63) is 34.8 Å². The fourth-order valence-electron chi connectivity index (χ4n) is 1.72. The van der Waals surface area contributed by atoms with Crippen molar-refractivity contribution in [1.29, 1.82) is 5.39 Å². The van der Waals surface area contributed by atoms with E-state index in [1.165, 1.54) is 0 Å². The van der Waals surface area contributed by atoms with E-state index in [0.717, 1.165) is 17.7 Å². The molecule has 15 heavy (non-hydrogen) atoms. The third kappa shape index (κ3) is 1.96. The van der Waals surface area contributed by atoms with Crippen molar-refractivity contribution in [3.63, 3.8) is 0 Å². The van der Waals surface area contributed by atoms with Crippen LogP contribution in [0.25, 0.3) is 4.98 Å². The van der Waals surface area contributed by atoms with E-state index in [-0.39, 0.29) is 12.3 Å². The number of benzene rings is 1. The van der Waals surface area contributed by atoms with Gasteiger partial charge in [-0.05, 0) is 24.5 Å². The molecule has 0 aromatic heterocycles. The number of ether oxygens (including phenoxy) is 1. The van der Waals surface area contributed by atoms with Gasteiger partial charge in [-0.2, -0.15) is 0 Å². The van der Waals surface area contributed by atoms with E-state index < -0.39 is 6.10 Å². The Morgan fingerprint density at radius 2 is 2.33 bits per heavy atom. The summed E-state index contributed by atoms with van der Waals surface area (Å²) in [7, 11) is 0. The zero-order valence-electron chi connectivity index (χ0n) is 8.22. The Bertz CT molecular complexity index is 423. The van der Waals surface area contributed by atoms with Crippen molar-refractivity contribution in [3.8, 4) is 5.75 Å². The predicted molar refractivity (Wildman–Crippen MR) is 54.1 cm³/mol. The van der Waals surface area contributed by atoms with Crippen LogP contribution in [0.15, 0.2) is 24.3 Å². The smallest absolute Gasteiger partial charge is 0.366 e. The van der Waals surface area contributed by atoms with E-state index in [4.69, 9.17) is 10.1 Å². The summed E-state index contributed by atoms with van der Waals surface area (Å²) in [5, 5.41) is 8.31. The lowest BCUT2D eigenvalue weighted by atomic mass is 10.00. The van der Waals surface area contributed by atoms with Crippen LogP contribution in [-0.4, -0.2) is 18.4 Å². The minimum Gasteiger partial charge on any atom is -0.482 e. The first-order chi connectivity index (χ1) is 7.31. The average Bonchev–Trinajstić information content (AvgIpc) is 2.29. The average molecular weight is 203 g/mol. The van der Waals surface area contributed by atoms with Gasteiger partial charge in [-0.25, -0.2) is 0 Å². The summed E-state index contributed by atoms with van der Waals surface area (Å²) < 4.78 is 5.53. The van der Waals surface area contributed by atoms with E-state index in [2.05, 4.69) is 4.98 Å². The largest absolute Gasteiger partial charge is 0.482 e. The molecule has 1 atom stereocenters. The second-order valence-electron chi connectivity index (χ2n) is 3.52. The molecular formula is C11H11N2O2+. The standard InChI is InChI=1S/C11H11N2O2/c12-13-7-9(14)11-6-5-8-3-1-2-4-10(8)15-11/h1-4,11H,5-7H2/q+1/t11-/m0/s1. The Kier molecular flexibility index (Phi) is 2.64. The van der Waals surface area contributed by atoms with Gasteiger partial charge in [0.15, 0.2) is 6.10 Å². The van der Waals surface area contributed by atoms with Gasteiger partial charge >= 0.3 is 6.54 Å². The lowest BCUT2D eigenvalue weighted by molar-refractivity contribution is -0.124. The molecule has 76 valence electrons. The van der Waals surface area contributed by atoms with Crippen LogP contribution in [0.1, 0.15) is 12.0 Å². The summed E-state index contributed by atoms with van der Waals surface area (Å²) in [6.07, 6.45) is 1.03. The molecule has 0 unspecified atom stereocenters. The van der Waals surface area contributed by atoms with Gasteiger partial charge in [0.05, 0.1) is 0 Å². The third-order valence-electron chi connectivity index (χ3n) is 2.50. The molecule has 4 nitrogen and oxygen atoms in total. The van der Waals surface area contributed by atoms with Crippen LogP contribution >= 0.6 is 0 Å². The Morgan fingerprint density at radius 1 is 1.53 bits per heavy atom. The van der Waals surface area contributed by atoms with Crippen LogP contribution in [-0.2, 0) is 11.2 Å². The second-order valence-corrected chi connectivity index (χ2v) is 3.52. The summed E-state index contributed by atoms with van der Waals surface area (Å²) >= 11 is 0. The molecule has 2 rings (SSSR count). The molecule has 0 saturated carbocycles. The van der Waals surface area contributed by atoms with Crippen LogP contribution in [0.5, 0.6) is 5.75 Å². The first kappa shape index (κ1) is 9.66. The number of carbonyl (C=O) groups excluding carboxylic acids is 1. The molecule has 0 N–H and O–H groups in total. The molecule has 0 aliphatic carbocycles. The maximum atomic E-state index is 11.4. The number of para-hydroxylation sites is 1. The van der Waals surface area contributed by atoms with Crippen LogP contribution in [0.3, 0.4) is 0 Å². The van der Waals surface area contributed by atoms with Gasteiger partial charge in [0, 0.05) is 0 Å². The Balaban J connectivity index is 2.12. The summed E-state index contributed by atoms with van der Waals surface area (Å²) in [4.78, 5) is 14.3. The van der Waals surface area contributed by atoms with Crippen molar-refractivity contribution in [2.24, 2.45) is 0 Å². The number of hydrogen-bond donors (Lipinski definition) is 0. The maximum Gasteiger partial charge on any atom is 0.366 e. The van der Waals surface area contributed by atoms with Crippen LogP contribution in [0.2, 0.25) is 0 Å². The maximum absolute atomic E-state index is 11.4. The minimum absolute atomic E-state index is 0.174. The molecule has 4 heteroatoms.